The zero-order chi connectivity index (χ0) is 12.8. The largest absolute Gasteiger partial charge is 0.493 e. The van der Waals surface area contributed by atoms with Gasteiger partial charge in [-0.25, -0.2) is 4.79 Å². The van der Waals surface area contributed by atoms with Crippen molar-refractivity contribution in [1.29, 1.82) is 0 Å². The maximum absolute atomic E-state index is 11.6. The van der Waals surface area contributed by atoms with Crippen LogP contribution in [0.1, 0.15) is 0 Å². The first-order valence-electron chi connectivity index (χ1n) is 5.31. The Bertz CT molecular complexity index is 529. The minimum absolute atomic E-state index is 0.367. The summed E-state index contributed by atoms with van der Waals surface area (Å²) in [5.74, 6) is 0.869. The number of nitrogens with one attached hydrogen (secondary N) is 1. The van der Waals surface area contributed by atoms with E-state index >= 15 is 0 Å². The summed E-state index contributed by atoms with van der Waals surface area (Å²) < 4.78 is 10.2. The van der Waals surface area contributed by atoms with Gasteiger partial charge in [0.15, 0.2) is 11.5 Å². The molecule has 0 saturated heterocycles. The number of benzene rings is 1. The van der Waals surface area contributed by atoms with Crippen molar-refractivity contribution in [1.82, 2.24) is 4.98 Å². The molecule has 18 heavy (non-hydrogen) atoms. The number of hydrogen-bond acceptors (Lipinski definition) is 4. The average Bonchev–Trinajstić information content (AvgIpc) is 2.40. The Hall–Kier alpha value is -2.56. The number of para-hydroxylation sites is 2. The van der Waals surface area contributed by atoms with Crippen LogP contribution in [0.25, 0.3) is 0 Å². The van der Waals surface area contributed by atoms with E-state index in [1.807, 2.05) is 0 Å². The van der Waals surface area contributed by atoms with Crippen molar-refractivity contribution in [2.45, 2.75) is 0 Å². The standard InChI is InChI=1S/C13H12N2O3/c1-17-11-4-2-3-5-12(11)18-13(16)15-10-6-8-14-9-7-10/h2-9H,1H3,(H,14,15,16). The van der Waals surface area contributed by atoms with Crippen molar-refractivity contribution in [3.8, 4) is 11.5 Å². The topological polar surface area (TPSA) is 60.5 Å². The Labute approximate surface area is 104 Å². The van der Waals surface area contributed by atoms with Gasteiger partial charge in [-0.1, -0.05) is 12.1 Å². The minimum Gasteiger partial charge on any atom is -0.493 e. The third-order valence-electron chi connectivity index (χ3n) is 2.20. The molecule has 0 saturated carbocycles. The Kier molecular flexibility index (Phi) is 3.76. The third-order valence-corrected chi connectivity index (χ3v) is 2.20. The lowest BCUT2D eigenvalue weighted by molar-refractivity contribution is 0.213. The number of rotatable bonds is 3. The SMILES string of the molecule is COc1ccccc1OC(=O)Nc1ccncc1. The maximum atomic E-state index is 11.6. The highest BCUT2D eigenvalue weighted by Gasteiger charge is 2.08. The highest BCUT2D eigenvalue weighted by molar-refractivity contribution is 5.86. The van der Waals surface area contributed by atoms with Gasteiger partial charge in [0.1, 0.15) is 0 Å². The second kappa shape index (κ2) is 5.67. The van der Waals surface area contributed by atoms with E-state index < -0.39 is 6.09 Å². The molecule has 1 amide bonds. The van der Waals surface area contributed by atoms with E-state index in [-0.39, 0.29) is 0 Å². The summed E-state index contributed by atoms with van der Waals surface area (Å²) in [5.41, 5.74) is 0.616. The van der Waals surface area contributed by atoms with E-state index in [0.717, 1.165) is 0 Å². The van der Waals surface area contributed by atoms with Crippen LogP contribution < -0.4 is 14.8 Å². The van der Waals surface area contributed by atoms with E-state index in [1.54, 1.807) is 48.8 Å². The summed E-state index contributed by atoms with van der Waals surface area (Å²) in [6.07, 6.45) is 2.59. The molecule has 0 fully saturated rings. The molecule has 0 bridgehead atoms. The lowest BCUT2D eigenvalue weighted by Gasteiger charge is -2.09. The molecule has 1 heterocycles. The molecule has 1 aromatic heterocycles. The van der Waals surface area contributed by atoms with Crippen LogP contribution in [0.5, 0.6) is 11.5 Å². The normalized spacial score (nSPS) is 9.61. The first-order chi connectivity index (χ1) is 8.79. The van der Waals surface area contributed by atoms with Gasteiger partial charge in [0, 0.05) is 18.1 Å². The summed E-state index contributed by atoms with van der Waals surface area (Å²) in [6.45, 7) is 0. The van der Waals surface area contributed by atoms with E-state index in [1.165, 1.54) is 7.11 Å². The van der Waals surface area contributed by atoms with Crippen LogP contribution in [0.4, 0.5) is 10.5 Å². The van der Waals surface area contributed by atoms with Crippen molar-refractivity contribution in [2.75, 3.05) is 12.4 Å². The Morgan fingerprint density at radius 1 is 1.11 bits per heavy atom. The summed E-state index contributed by atoms with van der Waals surface area (Å²) in [4.78, 5) is 15.5. The summed E-state index contributed by atoms with van der Waals surface area (Å²) >= 11 is 0. The quantitative estimate of drug-likeness (QED) is 0.901. The van der Waals surface area contributed by atoms with Crippen LogP contribution in [0.3, 0.4) is 0 Å². The molecule has 0 aliphatic heterocycles. The number of amides is 1. The number of nitrogens with zero attached hydrogens (tertiary/aromatic N) is 1. The molecule has 0 unspecified atom stereocenters. The van der Waals surface area contributed by atoms with E-state index in [9.17, 15) is 4.79 Å². The van der Waals surface area contributed by atoms with E-state index in [4.69, 9.17) is 9.47 Å². The molecule has 92 valence electrons. The lowest BCUT2D eigenvalue weighted by atomic mass is 10.3. The predicted molar refractivity (Wildman–Crippen MR) is 66.9 cm³/mol. The van der Waals surface area contributed by atoms with Gasteiger partial charge in [-0.2, -0.15) is 0 Å². The van der Waals surface area contributed by atoms with Gasteiger partial charge in [0.2, 0.25) is 0 Å². The van der Waals surface area contributed by atoms with E-state index in [0.29, 0.717) is 17.2 Å². The van der Waals surface area contributed by atoms with Gasteiger partial charge >= 0.3 is 6.09 Å². The number of anilines is 1. The molecule has 2 aromatic rings. The molecule has 0 aliphatic carbocycles. The Morgan fingerprint density at radius 3 is 2.44 bits per heavy atom. The molecule has 5 heteroatoms. The molecular formula is C13H12N2O3. The van der Waals surface area contributed by atoms with Gasteiger partial charge < -0.3 is 9.47 Å². The first-order valence-corrected chi connectivity index (χ1v) is 5.31. The van der Waals surface area contributed by atoms with Crippen molar-refractivity contribution in [2.24, 2.45) is 0 Å². The molecule has 0 spiro atoms. The molecule has 1 N–H and O–H groups in total. The fourth-order valence-corrected chi connectivity index (χ4v) is 1.38. The minimum atomic E-state index is -0.578. The summed E-state index contributed by atoms with van der Waals surface area (Å²) in [7, 11) is 1.52. The number of hydrogen-bond donors (Lipinski definition) is 1. The molecule has 0 atom stereocenters. The molecular weight excluding hydrogens is 232 g/mol. The number of aromatic nitrogens is 1. The van der Waals surface area contributed by atoms with Gasteiger partial charge in [-0.3, -0.25) is 10.3 Å². The van der Waals surface area contributed by atoms with Crippen LogP contribution in [0.15, 0.2) is 48.8 Å². The zero-order valence-corrected chi connectivity index (χ0v) is 9.79. The highest BCUT2D eigenvalue weighted by Crippen LogP contribution is 2.26. The maximum Gasteiger partial charge on any atom is 0.417 e. The molecule has 1 aromatic carbocycles. The molecule has 0 aliphatic rings. The zero-order valence-electron chi connectivity index (χ0n) is 9.79. The van der Waals surface area contributed by atoms with Crippen LogP contribution in [0, 0.1) is 0 Å². The second-order valence-corrected chi connectivity index (χ2v) is 3.40. The van der Waals surface area contributed by atoms with Crippen LogP contribution in [-0.4, -0.2) is 18.2 Å². The van der Waals surface area contributed by atoms with Gasteiger partial charge in [-0.05, 0) is 24.3 Å². The molecule has 0 radical (unpaired) electrons. The number of methoxy groups -OCH3 is 1. The fourth-order valence-electron chi connectivity index (χ4n) is 1.38. The van der Waals surface area contributed by atoms with Crippen molar-refractivity contribution in [3.63, 3.8) is 0 Å². The van der Waals surface area contributed by atoms with Gasteiger partial charge in [-0.15, -0.1) is 0 Å². The highest BCUT2D eigenvalue weighted by atomic mass is 16.6. The first kappa shape index (κ1) is 11.9. The second-order valence-electron chi connectivity index (χ2n) is 3.40. The van der Waals surface area contributed by atoms with E-state index in [2.05, 4.69) is 10.3 Å². The van der Waals surface area contributed by atoms with Gasteiger partial charge in [0.05, 0.1) is 7.11 Å². The number of ether oxygens (including phenoxy) is 2. The van der Waals surface area contributed by atoms with Gasteiger partial charge in [0.25, 0.3) is 0 Å². The monoisotopic (exact) mass is 244 g/mol. The van der Waals surface area contributed by atoms with Crippen molar-refractivity contribution < 1.29 is 14.3 Å². The fraction of sp³-hybridized carbons (Fsp3) is 0.0769. The average molecular weight is 244 g/mol. The third kappa shape index (κ3) is 2.98. The summed E-state index contributed by atoms with van der Waals surface area (Å²) in [5, 5.41) is 2.58. The smallest absolute Gasteiger partial charge is 0.417 e. The lowest BCUT2D eigenvalue weighted by Crippen LogP contribution is -2.17. The Balaban J connectivity index is 2.03. The number of carbonyl (C=O) groups excluding carboxylic acids is 1. The van der Waals surface area contributed by atoms with Crippen LogP contribution in [0.2, 0.25) is 0 Å². The van der Waals surface area contributed by atoms with Crippen molar-refractivity contribution >= 4 is 11.8 Å². The summed E-state index contributed by atoms with van der Waals surface area (Å²) in [6, 6.07) is 10.3. The number of carbonyl (C=O) groups is 1. The Morgan fingerprint density at radius 2 is 1.78 bits per heavy atom. The molecule has 2 rings (SSSR count). The van der Waals surface area contributed by atoms with Crippen LogP contribution in [-0.2, 0) is 0 Å². The van der Waals surface area contributed by atoms with Crippen LogP contribution >= 0.6 is 0 Å². The number of pyridine rings is 1. The molecule has 5 nitrogen and oxygen atoms in total. The predicted octanol–water partition coefficient (Wildman–Crippen LogP) is 2.70. The van der Waals surface area contributed by atoms with Crippen molar-refractivity contribution in [3.05, 3.63) is 48.8 Å².